The van der Waals surface area contributed by atoms with E-state index in [1.165, 1.54) is 0 Å². The Morgan fingerprint density at radius 2 is 1.91 bits per heavy atom. The van der Waals surface area contributed by atoms with Crippen molar-refractivity contribution in [3.63, 3.8) is 0 Å². The highest BCUT2D eigenvalue weighted by atomic mass is 35.5. The average Bonchev–Trinajstić information content (AvgIpc) is 3.67. The molecule has 1 fully saturated rings. The van der Waals surface area contributed by atoms with Gasteiger partial charge in [-0.1, -0.05) is 65.2 Å². The molecule has 2 atom stereocenters. The maximum Gasteiger partial charge on any atom is 0.311 e. The van der Waals surface area contributed by atoms with Crippen LogP contribution in [0.1, 0.15) is 22.3 Å². The SMILES string of the molecule is O=[N+]([O-])c1cc2c(cc1OCC1COC(Cn3ccnc3)(c3ccc(Cl)cc3Cl)O1)CCN(C/C=C\c1ccc(Cl)cc1)C2. The standard InChI is InChI=1S/C32H29Cl3N4O5/c33-25-5-3-22(4-6-25)2-1-11-37-12-9-23-15-31(30(39(40)41)14-24(23)17-37)42-18-27-19-43-32(44-27,20-38-13-10-36-21-38)28-8-7-26(34)16-29(28)35/h1-8,10,13-16,21,27H,9,11-12,17-20H2/b2-1-. The molecule has 12 heteroatoms. The molecule has 2 aliphatic heterocycles. The van der Waals surface area contributed by atoms with Crippen LogP contribution in [-0.4, -0.2) is 51.8 Å². The molecule has 228 valence electrons. The van der Waals surface area contributed by atoms with E-state index in [1.807, 2.05) is 34.9 Å². The first kappa shape index (κ1) is 30.6. The molecule has 0 aliphatic carbocycles. The molecule has 1 aromatic heterocycles. The maximum atomic E-state index is 12.1. The highest BCUT2D eigenvalue weighted by Crippen LogP contribution is 2.41. The molecule has 0 spiro atoms. The van der Waals surface area contributed by atoms with Gasteiger partial charge in [-0.3, -0.25) is 15.0 Å². The number of aromatic nitrogens is 2. The molecule has 0 amide bonds. The Morgan fingerprint density at radius 3 is 2.66 bits per heavy atom. The van der Waals surface area contributed by atoms with Crippen molar-refractivity contribution in [1.29, 1.82) is 0 Å². The number of benzene rings is 3. The van der Waals surface area contributed by atoms with Crippen molar-refractivity contribution in [1.82, 2.24) is 14.5 Å². The first-order valence-corrected chi connectivity index (χ1v) is 15.2. The first-order valence-electron chi connectivity index (χ1n) is 14.1. The molecule has 0 saturated carbocycles. The number of halogens is 3. The summed E-state index contributed by atoms with van der Waals surface area (Å²) in [6.45, 7) is 2.71. The average molecular weight is 656 g/mol. The number of nitrogens with zero attached hydrogens (tertiary/aromatic N) is 4. The molecule has 0 bridgehead atoms. The molecule has 1 saturated heterocycles. The minimum Gasteiger partial charge on any atom is -0.484 e. The van der Waals surface area contributed by atoms with Crippen LogP contribution in [0.15, 0.2) is 79.4 Å². The van der Waals surface area contributed by atoms with Crippen molar-refractivity contribution in [2.24, 2.45) is 0 Å². The lowest BCUT2D eigenvalue weighted by Gasteiger charge is -2.30. The number of imidazole rings is 1. The van der Waals surface area contributed by atoms with Gasteiger partial charge in [-0.05, 0) is 53.4 Å². The van der Waals surface area contributed by atoms with E-state index in [2.05, 4.69) is 16.0 Å². The van der Waals surface area contributed by atoms with E-state index in [0.29, 0.717) is 27.2 Å². The number of fused-ring (bicyclic) bond motifs is 1. The topological polar surface area (TPSA) is 91.9 Å². The van der Waals surface area contributed by atoms with Gasteiger partial charge in [0.1, 0.15) is 12.7 Å². The minimum absolute atomic E-state index is 0.0537. The second-order valence-corrected chi connectivity index (χ2v) is 12.0. The first-order chi connectivity index (χ1) is 21.3. The third-order valence-electron chi connectivity index (χ3n) is 7.69. The van der Waals surface area contributed by atoms with Gasteiger partial charge >= 0.3 is 5.69 Å². The van der Waals surface area contributed by atoms with Gasteiger partial charge in [-0.25, -0.2) is 4.98 Å². The summed E-state index contributed by atoms with van der Waals surface area (Å²) in [5.41, 5.74) is 3.57. The molecule has 3 aromatic carbocycles. The summed E-state index contributed by atoms with van der Waals surface area (Å²) in [7, 11) is 0. The van der Waals surface area contributed by atoms with Gasteiger partial charge in [0.15, 0.2) is 5.75 Å². The summed E-state index contributed by atoms with van der Waals surface area (Å²) < 4.78 is 20.6. The van der Waals surface area contributed by atoms with Crippen LogP contribution in [0.25, 0.3) is 6.08 Å². The molecule has 2 unspecified atom stereocenters. The molecule has 6 rings (SSSR count). The molecule has 44 heavy (non-hydrogen) atoms. The summed E-state index contributed by atoms with van der Waals surface area (Å²) in [6, 6.07) is 16.2. The Labute approximate surface area is 269 Å². The van der Waals surface area contributed by atoms with Crippen molar-refractivity contribution < 1.29 is 19.1 Å². The van der Waals surface area contributed by atoms with E-state index in [1.54, 1.807) is 49.1 Å². The predicted octanol–water partition coefficient (Wildman–Crippen LogP) is 7.17. The van der Waals surface area contributed by atoms with Gasteiger partial charge in [0.25, 0.3) is 0 Å². The Morgan fingerprint density at radius 1 is 1.09 bits per heavy atom. The van der Waals surface area contributed by atoms with Crippen LogP contribution in [0, 0.1) is 10.1 Å². The fourth-order valence-corrected chi connectivity index (χ4v) is 6.19. The second-order valence-electron chi connectivity index (χ2n) is 10.8. The van der Waals surface area contributed by atoms with Crippen molar-refractivity contribution in [3.8, 4) is 5.75 Å². The van der Waals surface area contributed by atoms with E-state index >= 15 is 0 Å². The lowest BCUT2D eigenvalue weighted by molar-refractivity contribution is -0.386. The van der Waals surface area contributed by atoms with Gasteiger partial charge < -0.3 is 18.8 Å². The minimum atomic E-state index is -1.22. The van der Waals surface area contributed by atoms with Crippen molar-refractivity contribution in [2.45, 2.75) is 31.4 Å². The number of nitro groups is 1. The van der Waals surface area contributed by atoms with Gasteiger partial charge in [-0.15, -0.1) is 0 Å². The van der Waals surface area contributed by atoms with Gasteiger partial charge in [-0.2, -0.15) is 0 Å². The molecular formula is C32H29Cl3N4O5. The van der Waals surface area contributed by atoms with Crippen LogP contribution < -0.4 is 4.74 Å². The van der Waals surface area contributed by atoms with Crippen LogP contribution in [0.5, 0.6) is 5.75 Å². The van der Waals surface area contributed by atoms with Gasteiger partial charge in [0.05, 0.1) is 29.4 Å². The van der Waals surface area contributed by atoms with E-state index in [9.17, 15) is 10.1 Å². The zero-order valence-electron chi connectivity index (χ0n) is 23.6. The lowest BCUT2D eigenvalue weighted by Crippen LogP contribution is -2.34. The second kappa shape index (κ2) is 13.3. The van der Waals surface area contributed by atoms with Crippen molar-refractivity contribution in [2.75, 3.05) is 26.3 Å². The maximum absolute atomic E-state index is 12.1. The Kier molecular flexibility index (Phi) is 9.23. The number of ether oxygens (including phenoxy) is 3. The highest BCUT2D eigenvalue weighted by Gasteiger charge is 2.45. The van der Waals surface area contributed by atoms with Crippen LogP contribution in [-0.2, 0) is 34.8 Å². The van der Waals surface area contributed by atoms with E-state index < -0.39 is 16.8 Å². The lowest BCUT2D eigenvalue weighted by atomic mass is 9.98. The number of nitro benzene ring substituents is 1. The highest BCUT2D eigenvalue weighted by molar-refractivity contribution is 6.35. The molecule has 9 nitrogen and oxygen atoms in total. The Bertz CT molecular complexity index is 1670. The van der Waals surface area contributed by atoms with E-state index in [4.69, 9.17) is 49.0 Å². The monoisotopic (exact) mass is 654 g/mol. The molecule has 0 N–H and O–H groups in total. The summed E-state index contributed by atoms with van der Waals surface area (Å²) in [4.78, 5) is 18.0. The number of hydrogen-bond donors (Lipinski definition) is 0. The summed E-state index contributed by atoms with van der Waals surface area (Å²) >= 11 is 18.7. The molecular weight excluding hydrogens is 627 g/mol. The zero-order valence-corrected chi connectivity index (χ0v) is 25.8. The zero-order chi connectivity index (χ0) is 30.7. The normalized spacial score (nSPS) is 20.2. The summed E-state index contributed by atoms with van der Waals surface area (Å²) in [5, 5.41) is 13.7. The molecule has 3 heterocycles. The summed E-state index contributed by atoms with van der Waals surface area (Å²) in [6.07, 6.45) is 9.51. The van der Waals surface area contributed by atoms with E-state index in [0.717, 1.165) is 36.2 Å². The van der Waals surface area contributed by atoms with Gasteiger partial charge in [0.2, 0.25) is 5.79 Å². The molecule has 2 aliphatic rings. The Balaban J connectivity index is 1.14. The van der Waals surface area contributed by atoms with Crippen LogP contribution in [0.2, 0.25) is 15.1 Å². The third kappa shape index (κ3) is 6.94. The van der Waals surface area contributed by atoms with Gasteiger partial charge in [0, 0.05) is 53.7 Å². The number of hydrogen-bond acceptors (Lipinski definition) is 7. The van der Waals surface area contributed by atoms with Crippen LogP contribution in [0.4, 0.5) is 5.69 Å². The van der Waals surface area contributed by atoms with Crippen LogP contribution >= 0.6 is 34.8 Å². The molecule has 4 aromatic rings. The smallest absolute Gasteiger partial charge is 0.311 e. The Hall–Kier alpha value is -3.44. The number of rotatable bonds is 10. The third-order valence-corrected chi connectivity index (χ3v) is 8.49. The van der Waals surface area contributed by atoms with Crippen molar-refractivity contribution >= 4 is 46.6 Å². The largest absolute Gasteiger partial charge is 0.484 e. The predicted molar refractivity (Wildman–Crippen MR) is 169 cm³/mol. The van der Waals surface area contributed by atoms with E-state index in [-0.39, 0.29) is 31.2 Å². The fraction of sp³-hybridized carbons (Fsp3) is 0.281. The molecule has 0 radical (unpaired) electrons. The fourth-order valence-electron chi connectivity index (χ4n) is 5.52. The van der Waals surface area contributed by atoms with Crippen LogP contribution in [0.3, 0.4) is 0 Å². The summed E-state index contributed by atoms with van der Waals surface area (Å²) in [5.74, 6) is -1.01. The quantitative estimate of drug-likeness (QED) is 0.132. The van der Waals surface area contributed by atoms with Crippen molar-refractivity contribution in [3.05, 3.63) is 127 Å².